The van der Waals surface area contributed by atoms with Crippen molar-refractivity contribution in [2.45, 2.75) is 39.2 Å². The normalized spacial score (nSPS) is 18.6. The number of hydrogen-bond donors (Lipinski definition) is 2. The van der Waals surface area contributed by atoms with Crippen LogP contribution in [0.15, 0.2) is 6.07 Å². The molecule has 2 rings (SSSR count). The maximum absolute atomic E-state index is 12.2. The fourth-order valence-corrected chi connectivity index (χ4v) is 2.64. The molecule has 1 aromatic rings. The number of likely N-dealkylation sites (tertiary alicyclic amines) is 1. The summed E-state index contributed by atoms with van der Waals surface area (Å²) in [4.78, 5) is 13.9. The van der Waals surface area contributed by atoms with Gasteiger partial charge in [-0.15, -0.1) is 10.2 Å². The van der Waals surface area contributed by atoms with E-state index in [2.05, 4.69) is 15.5 Å². The molecule has 23 heavy (non-hydrogen) atoms. The molecular formula is C15H24ClN5O2. The highest BCUT2D eigenvalue weighted by molar-refractivity contribution is 6.29. The minimum atomic E-state index is -0.477. The second-order valence-corrected chi connectivity index (χ2v) is 7.17. The lowest BCUT2D eigenvalue weighted by Gasteiger charge is -2.34. The summed E-state index contributed by atoms with van der Waals surface area (Å²) in [5, 5.41) is 11.2. The number of piperidine rings is 1. The Morgan fingerprint density at radius 1 is 1.52 bits per heavy atom. The molecular weight excluding hydrogens is 318 g/mol. The molecule has 0 spiro atoms. The molecule has 2 heterocycles. The van der Waals surface area contributed by atoms with Gasteiger partial charge in [-0.25, -0.2) is 4.79 Å². The average Bonchev–Trinajstić information content (AvgIpc) is 2.45. The minimum Gasteiger partial charge on any atom is -0.444 e. The predicted molar refractivity (Wildman–Crippen MR) is 90.5 cm³/mol. The number of amides is 1. The van der Waals surface area contributed by atoms with Crippen molar-refractivity contribution in [3.05, 3.63) is 11.2 Å². The number of halogens is 1. The van der Waals surface area contributed by atoms with E-state index in [-0.39, 0.29) is 11.2 Å². The SMILES string of the molecule is CC(C)(C)OC(=O)N1CCC[C@@H](CNc2nnc(Cl)cc2N)C1. The van der Waals surface area contributed by atoms with Gasteiger partial charge in [0.25, 0.3) is 0 Å². The van der Waals surface area contributed by atoms with Crippen LogP contribution in [-0.2, 0) is 4.74 Å². The van der Waals surface area contributed by atoms with Crippen molar-refractivity contribution in [2.24, 2.45) is 5.92 Å². The number of rotatable bonds is 3. The Balaban J connectivity index is 1.87. The number of hydrogen-bond acceptors (Lipinski definition) is 6. The molecule has 7 nitrogen and oxygen atoms in total. The highest BCUT2D eigenvalue weighted by Crippen LogP contribution is 2.22. The number of carbonyl (C=O) groups is 1. The number of carbonyl (C=O) groups excluding carboxylic acids is 1. The molecule has 0 unspecified atom stereocenters. The molecule has 1 amide bonds. The molecule has 1 saturated heterocycles. The number of nitrogens with one attached hydrogen (secondary N) is 1. The number of ether oxygens (including phenoxy) is 1. The van der Waals surface area contributed by atoms with Crippen LogP contribution < -0.4 is 11.1 Å². The van der Waals surface area contributed by atoms with Crippen LogP contribution in [0.4, 0.5) is 16.3 Å². The zero-order chi connectivity index (χ0) is 17.0. The van der Waals surface area contributed by atoms with Gasteiger partial charge in [-0.2, -0.15) is 0 Å². The van der Waals surface area contributed by atoms with E-state index in [4.69, 9.17) is 22.1 Å². The maximum Gasteiger partial charge on any atom is 0.410 e. The van der Waals surface area contributed by atoms with E-state index in [1.165, 1.54) is 0 Å². The smallest absolute Gasteiger partial charge is 0.410 e. The van der Waals surface area contributed by atoms with Crippen LogP contribution in [0.5, 0.6) is 0 Å². The molecule has 0 aromatic carbocycles. The Bertz CT molecular complexity index is 561. The van der Waals surface area contributed by atoms with Gasteiger partial charge < -0.3 is 20.7 Å². The molecule has 0 aliphatic carbocycles. The van der Waals surface area contributed by atoms with Gasteiger partial charge in [0.1, 0.15) is 5.60 Å². The summed E-state index contributed by atoms with van der Waals surface area (Å²) < 4.78 is 5.43. The summed E-state index contributed by atoms with van der Waals surface area (Å²) in [6.07, 6.45) is 1.73. The Labute approximate surface area is 141 Å². The highest BCUT2D eigenvalue weighted by Gasteiger charge is 2.27. The molecule has 0 bridgehead atoms. The Hall–Kier alpha value is -1.76. The lowest BCUT2D eigenvalue weighted by atomic mass is 9.98. The first-order chi connectivity index (χ1) is 10.7. The van der Waals surface area contributed by atoms with Gasteiger partial charge in [0, 0.05) is 25.7 Å². The third kappa shape index (κ3) is 5.42. The van der Waals surface area contributed by atoms with Crippen LogP contribution in [0.25, 0.3) is 0 Å². The van der Waals surface area contributed by atoms with Crippen molar-refractivity contribution in [3.8, 4) is 0 Å². The van der Waals surface area contributed by atoms with Gasteiger partial charge in [0.15, 0.2) is 11.0 Å². The third-order valence-corrected chi connectivity index (χ3v) is 3.71. The van der Waals surface area contributed by atoms with Crippen molar-refractivity contribution < 1.29 is 9.53 Å². The zero-order valence-corrected chi connectivity index (χ0v) is 14.6. The van der Waals surface area contributed by atoms with E-state index in [1.807, 2.05) is 20.8 Å². The summed E-state index contributed by atoms with van der Waals surface area (Å²) in [5.41, 5.74) is 5.83. The van der Waals surface area contributed by atoms with Crippen molar-refractivity contribution in [1.82, 2.24) is 15.1 Å². The summed E-state index contributed by atoms with van der Waals surface area (Å²) >= 11 is 5.73. The standard InChI is InChI=1S/C15H24ClN5O2/c1-15(2,3)23-14(22)21-6-4-5-10(9-21)8-18-13-11(17)7-12(16)19-20-13/h7,10H,4-6,8-9H2,1-3H3,(H2,17,19)(H,18,20)/t10-/m0/s1. The molecule has 1 aromatic heterocycles. The van der Waals surface area contributed by atoms with Crippen molar-refractivity contribution in [2.75, 3.05) is 30.7 Å². The fraction of sp³-hybridized carbons (Fsp3) is 0.667. The first-order valence-corrected chi connectivity index (χ1v) is 8.13. The zero-order valence-electron chi connectivity index (χ0n) is 13.8. The van der Waals surface area contributed by atoms with Crippen LogP contribution in [0, 0.1) is 5.92 Å². The van der Waals surface area contributed by atoms with Gasteiger partial charge in [-0.1, -0.05) is 11.6 Å². The number of anilines is 2. The monoisotopic (exact) mass is 341 g/mol. The largest absolute Gasteiger partial charge is 0.444 e. The Kier molecular flexibility index (Phi) is 5.51. The predicted octanol–water partition coefficient (Wildman–Crippen LogP) is 2.77. The Morgan fingerprint density at radius 2 is 2.26 bits per heavy atom. The van der Waals surface area contributed by atoms with Crippen LogP contribution in [-0.4, -0.2) is 46.4 Å². The summed E-state index contributed by atoms with van der Waals surface area (Å²) in [7, 11) is 0. The van der Waals surface area contributed by atoms with Crippen molar-refractivity contribution in [3.63, 3.8) is 0 Å². The number of nitrogens with zero attached hydrogens (tertiary/aromatic N) is 3. The number of nitrogen functional groups attached to an aromatic ring is 1. The first-order valence-electron chi connectivity index (χ1n) is 7.75. The molecule has 1 aliphatic heterocycles. The van der Waals surface area contributed by atoms with Gasteiger partial charge in [-0.05, 0) is 39.5 Å². The van der Waals surface area contributed by atoms with Gasteiger partial charge in [0.2, 0.25) is 0 Å². The Morgan fingerprint density at radius 3 is 2.91 bits per heavy atom. The van der Waals surface area contributed by atoms with E-state index in [0.717, 1.165) is 19.4 Å². The second-order valence-electron chi connectivity index (χ2n) is 6.79. The average molecular weight is 342 g/mol. The number of aromatic nitrogens is 2. The summed E-state index contributed by atoms with van der Waals surface area (Å²) in [6, 6.07) is 1.56. The lowest BCUT2D eigenvalue weighted by Crippen LogP contribution is -2.44. The van der Waals surface area contributed by atoms with E-state index in [9.17, 15) is 4.79 Å². The van der Waals surface area contributed by atoms with Crippen LogP contribution in [0.2, 0.25) is 5.15 Å². The molecule has 3 N–H and O–H groups in total. The fourth-order valence-electron chi connectivity index (χ4n) is 2.48. The van der Waals surface area contributed by atoms with Crippen LogP contribution >= 0.6 is 11.6 Å². The third-order valence-electron chi connectivity index (χ3n) is 3.52. The quantitative estimate of drug-likeness (QED) is 0.878. The van der Waals surface area contributed by atoms with E-state index >= 15 is 0 Å². The van der Waals surface area contributed by atoms with E-state index in [1.54, 1.807) is 11.0 Å². The van der Waals surface area contributed by atoms with Crippen molar-refractivity contribution >= 4 is 29.2 Å². The summed E-state index contributed by atoms with van der Waals surface area (Å²) in [6.45, 7) is 7.67. The topological polar surface area (TPSA) is 93.4 Å². The first kappa shape index (κ1) is 17.6. The van der Waals surface area contributed by atoms with Crippen LogP contribution in [0.3, 0.4) is 0 Å². The highest BCUT2D eigenvalue weighted by atomic mass is 35.5. The molecule has 128 valence electrons. The molecule has 1 aliphatic rings. The summed E-state index contributed by atoms with van der Waals surface area (Å²) in [5.74, 6) is 0.830. The van der Waals surface area contributed by atoms with E-state index in [0.29, 0.717) is 30.5 Å². The van der Waals surface area contributed by atoms with Gasteiger partial charge in [-0.3, -0.25) is 0 Å². The van der Waals surface area contributed by atoms with Gasteiger partial charge >= 0.3 is 6.09 Å². The number of nitrogens with two attached hydrogens (primary N) is 1. The van der Waals surface area contributed by atoms with E-state index < -0.39 is 5.60 Å². The molecule has 8 heteroatoms. The van der Waals surface area contributed by atoms with Crippen LogP contribution in [0.1, 0.15) is 33.6 Å². The molecule has 1 atom stereocenters. The maximum atomic E-state index is 12.2. The lowest BCUT2D eigenvalue weighted by molar-refractivity contribution is 0.0172. The molecule has 1 fully saturated rings. The van der Waals surface area contributed by atoms with Crippen molar-refractivity contribution in [1.29, 1.82) is 0 Å². The second kappa shape index (κ2) is 7.21. The minimum absolute atomic E-state index is 0.256. The molecule has 0 saturated carbocycles. The van der Waals surface area contributed by atoms with Gasteiger partial charge in [0.05, 0.1) is 5.69 Å². The molecule has 0 radical (unpaired) electrons.